The van der Waals surface area contributed by atoms with Crippen molar-refractivity contribution in [2.75, 3.05) is 43.5 Å². The Morgan fingerprint density at radius 1 is 1.07 bits per heavy atom. The highest BCUT2D eigenvalue weighted by atomic mass is 79.9. The van der Waals surface area contributed by atoms with Crippen LogP contribution in [0.4, 0.5) is 11.4 Å². The molecule has 0 spiro atoms. The average molecular weight is 460 g/mol. The fourth-order valence-corrected chi connectivity index (χ4v) is 3.80. The van der Waals surface area contributed by atoms with Crippen LogP contribution in [0.1, 0.15) is 24.2 Å². The summed E-state index contributed by atoms with van der Waals surface area (Å²) in [5, 5.41) is 3.02. The lowest BCUT2D eigenvalue weighted by Crippen LogP contribution is -2.50. The number of nitrogens with zero attached hydrogens (tertiary/aromatic N) is 2. The average Bonchev–Trinajstić information content (AvgIpc) is 2.73. The number of methoxy groups -OCH3 is 1. The summed E-state index contributed by atoms with van der Waals surface area (Å²) in [4.78, 5) is 29.3. The zero-order valence-electron chi connectivity index (χ0n) is 16.9. The molecule has 1 aliphatic rings. The van der Waals surface area contributed by atoms with E-state index in [9.17, 15) is 9.59 Å². The van der Waals surface area contributed by atoms with Gasteiger partial charge in [-0.2, -0.15) is 0 Å². The lowest BCUT2D eigenvalue weighted by molar-refractivity contribution is -0.134. The van der Waals surface area contributed by atoms with Crippen LogP contribution in [0, 0.1) is 5.92 Å². The number of amides is 2. The molecular formula is C22H26BrN3O3. The molecule has 1 N–H and O–H groups in total. The van der Waals surface area contributed by atoms with Crippen molar-refractivity contribution < 1.29 is 14.3 Å². The molecule has 0 bridgehead atoms. The van der Waals surface area contributed by atoms with Gasteiger partial charge in [-0.1, -0.05) is 41.9 Å². The van der Waals surface area contributed by atoms with E-state index in [-0.39, 0.29) is 17.7 Å². The number of hydrogen-bond acceptors (Lipinski definition) is 4. The molecule has 0 radical (unpaired) electrons. The maximum Gasteiger partial charge on any atom is 0.259 e. The van der Waals surface area contributed by atoms with Crippen LogP contribution < -0.4 is 15.0 Å². The Kier molecular flexibility index (Phi) is 6.79. The second kappa shape index (κ2) is 9.31. The van der Waals surface area contributed by atoms with Crippen molar-refractivity contribution in [1.82, 2.24) is 4.90 Å². The molecule has 1 saturated heterocycles. The number of para-hydroxylation sites is 2. The lowest BCUT2D eigenvalue weighted by Gasteiger charge is -2.37. The molecule has 7 heteroatoms. The Balaban J connectivity index is 1.76. The van der Waals surface area contributed by atoms with E-state index in [2.05, 4.69) is 26.1 Å². The summed E-state index contributed by atoms with van der Waals surface area (Å²) in [6.45, 7) is 6.67. The number of hydrogen-bond donors (Lipinski definition) is 1. The van der Waals surface area contributed by atoms with Gasteiger partial charge in [-0.25, -0.2) is 0 Å². The first kappa shape index (κ1) is 21.2. The maximum atomic E-state index is 12.9. The number of halogens is 1. The van der Waals surface area contributed by atoms with Crippen LogP contribution in [0.2, 0.25) is 0 Å². The van der Waals surface area contributed by atoms with Crippen LogP contribution in [0.5, 0.6) is 5.75 Å². The molecule has 0 unspecified atom stereocenters. The second-order valence-corrected chi connectivity index (χ2v) is 8.20. The zero-order valence-corrected chi connectivity index (χ0v) is 18.5. The van der Waals surface area contributed by atoms with E-state index in [0.29, 0.717) is 24.4 Å². The number of benzene rings is 2. The fourth-order valence-electron chi connectivity index (χ4n) is 3.44. The number of piperazine rings is 1. The van der Waals surface area contributed by atoms with Crippen molar-refractivity contribution in [1.29, 1.82) is 0 Å². The number of anilines is 2. The molecule has 0 aliphatic carbocycles. The SMILES string of the molecule is COc1ccc(Br)cc1C(=O)Nc1ccccc1N1CCN(C(=O)C(C)C)CC1. The number of rotatable bonds is 5. The minimum Gasteiger partial charge on any atom is -0.496 e. The van der Waals surface area contributed by atoms with Gasteiger partial charge in [0, 0.05) is 36.6 Å². The molecule has 29 heavy (non-hydrogen) atoms. The van der Waals surface area contributed by atoms with Crippen molar-refractivity contribution >= 4 is 39.1 Å². The third-order valence-electron chi connectivity index (χ3n) is 4.98. The van der Waals surface area contributed by atoms with E-state index in [0.717, 1.165) is 28.9 Å². The van der Waals surface area contributed by atoms with E-state index in [1.54, 1.807) is 19.2 Å². The summed E-state index contributed by atoms with van der Waals surface area (Å²) < 4.78 is 6.14. The molecule has 0 aromatic heterocycles. The summed E-state index contributed by atoms with van der Waals surface area (Å²) >= 11 is 3.41. The van der Waals surface area contributed by atoms with Gasteiger partial charge in [0.15, 0.2) is 0 Å². The highest BCUT2D eigenvalue weighted by molar-refractivity contribution is 9.10. The first-order valence-corrected chi connectivity index (χ1v) is 10.5. The van der Waals surface area contributed by atoms with Crippen LogP contribution in [0.3, 0.4) is 0 Å². The van der Waals surface area contributed by atoms with Crippen LogP contribution in [0.15, 0.2) is 46.9 Å². The Morgan fingerprint density at radius 3 is 2.41 bits per heavy atom. The normalized spacial score (nSPS) is 14.1. The molecule has 2 amide bonds. The lowest BCUT2D eigenvalue weighted by atomic mass is 10.1. The van der Waals surface area contributed by atoms with Crippen LogP contribution in [-0.2, 0) is 4.79 Å². The van der Waals surface area contributed by atoms with Crippen LogP contribution >= 0.6 is 15.9 Å². The van der Waals surface area contributed by atoms with Gasteiger partial charge < -0.3 is 19.9 Å². The standard InChI is InChI=1S/C22H26BrN3O3/c1-15(2)22(28)26-12-10-25(11-13-26)19-7-5-4-6-18(19)24-21(27)17-14-16(23)8-9-20(17)29-3/h4-9,14-15H,10-13H2,1-3H3,(H,24,27). The van der Waals surface area contributed by atoms with Crippen molar-refractivity contribution in [3.8, 4) is 5.75 Å². The van der Waals surface area contributed by atoms with Gasteiger partial charge in [0.2, 0.25) is 5.91 Å². The first-order chi connectivity index (χ1) is 13.9. The Labute approximate surface area is 180 Å². The van der Waals surface area contributed by atoms with Gasteiger partial charge in [-0.3, -0.25) is 9.59 Å². The molecule has 2 aromatic carbocycles. The Bertz CT molecular complexity index is 893. The van der Waals surface area contributed by atoms with Crippen LogP contribution in [-0.4, -0.2) is 50.0 Å². The topological polar surface area (TPSA) is 61.9 Å². The van der Waals surface area contributed by atoms with Crippen molar-refractivity contribution in [3.63, 3.8) is 0 Å². The van der Waals surface area contributed by atoms with Gasteiger partial charge in [-0.05, 0) is 30.3 Å². The van der Waals surface area contributed by atoms with E-state index >= 15 is 0 Å². The van der Waals surface area contributed by atoms with Gasteiger partial charge in [0.25, 0.3) is 5.91 Å². The smallest absolute Gasteiger partial charge is 0.259 e. The highest BCUT2D eigenvalue weighted by Crippen LogP contribution is 2.29. The second-order valence-electron chi connectivity index (χ2n) is 7.28. The highest BCUT2D eigenvalue weighted by Gasteiger charge is 2.24. The molecule has 2 aromatic rings. The van der Waals surface area contributed by atoms with E-state index < -0.39 is 0 Å². The minimum atomic E-state index is -0.232. The summed E-state index contributed by atoms with van der Waals surface area (Å²) in [7, 11) is 1.55. The summed E-state index contributed by atoms with van der Waals surface area (Å²) in [5.41, 5.74) is 2.15. The molecule has 3 rings (SSSR count). The Morgan fingerprint density at radius 2 is 1.76 bits per heavy atom. The largest absolute Gasteiger partial charge is 0.496 e. The van der Waals surface area contributed by atoms with Gasteiger partial charge in [-0.15, -0.1) is 0 Å². The first-order valence-electron chi connectivity index (χ1n) is 9.68. The molecule has 6 nitrogen and oxygen atoms in total. The van der Waals surface area contributed by atoms with Crippen molar-refractivity contribution in [2.45, 2.75) is 13.8 Å². The molecule has 1 heterocycles. The number of nitrogens with one attached hydrogen (secondary N) is 1. The predicted molar refractivity (Wildman–Crippen MR) is 119 cm³/mol. The number of carbonyl (C=O) groups is 2. The van der Waals surface area contributed by atoms with E-state index in [4.69, 9.17) is 4.74 Å². The number of ether oxygens (including phenoxy) is 1. The summed E-state index contributed by atoms with van der Waals surface area (Å²) in [6.07, 6.45) is 0. The molecule has 154 valence electrons. The third-order valence-corrected chi connectivity index (χ3v) is 5.48. The monoisotopic (exact) mass is 459 g/mol. The number of carbonyl (C=O) groups excluding carboxylic acids is 2. The zero-order chi connectivity index (χ0) is 21.0. The predicted octanol–water partition coefficient (Wildman–Crippen LogP) is 4.01. The van der Waals surface area contributed by atoms with Gasteiger partial charge >= 0.3 is 0 Å². The summed E-state index contributed by atoms with van der Waals surface area (Å²) in [6, 6.07) is 13.1. The summed E-state index contributed by atoms with van der Waals surface area (Å²) in [5.74, 6) is 0.481. The van der Waals surface area contributed by atoms with E-state index in [1.807, 2.05) is 49.1 Å². The molecule has 1 fully saturated rings. The fraction of sp³-hybridized carbons (Fsp3) is 0.364. The molecular weight excluding hydrogens is 434 g/mol. The van der Waals surface area contributed by atoms with Gasteiger partial charge in [0.05, 0.1) is 24.0 Å². The molecule has 1 aliphatic heterocycles. The Hall–Kier alpha value is -2.54. The molecule has 0 saturated carbocycles. The van der Waals surface area contributed by atoms with Crippen LogP contribution in [0.25, 0.3) is 0 Å². The minimum absolute atomic E-state index is 0.00769. The maximum absolute atomic E-state index is 12.9. The molecule has 0 atom stereocenters. The van der Waals surface area contributed by atoms with E-state index in [1.165, 1.54) is 0 Å². The van der Waals surface area contributed by atoms with Crippen molar-refractivity contribution in [3.05, 3.63) is 52.5 Å². The van der Waals surface area contributed by atoms with Crippen molar-refractivity contribution in [2.24, 2.45) is 5.92 Å². The van der Waals surface area contributed by atoms with Gasteiger partial charge in [0.1, 0.15) is 5.75 Å². The quantitative estimate of drug-likeness (QED) is 0.733. The third kappa shape index (κ3) is 4.90.